The van der Waals surface area contributed by atoms with E-state index in [-0.39, 0.29) is 6.61 Å². The van der Waals surface area contributed by atoms with Gasteiger partial charge in [0.2, 0.25) is 0 Å². The Bertz CT molecular complexity index is 657. The van der Waals surface area contributed by atoms with Gasteiger partial charge in [-0.15, -0.1) is 6.58 Å². The highest BCUT2D eigenvalue weighted by molar-refractivity contribution is 5.86. The zero-order valence-corrected chi connectivity index (χ0v) is 12.1. The molecule has 0 bridgehead atoms. The highest BCUT2D eigenvalue weighted by Gasteiger charge is 2.10. The average Bonchev–Trinajstić information content (AvgIpc) is 2.89. The molecule has 1 aromatic carbocycles. The molecular formula is C17H18N2O2. The fraction of sp³-hybridized carbons (Fsp3) is 0.176. The molecule has 0 saturated carbocycles. The van der Waals surface area contributed by atoms with E-state index in [2.05, 4.69) is 18.1 Å². The number of aromatic nitrogens is 2. The first kappa shape index (κ1) is 14.8. The summed E-state index contributed by atoms with van der Waals surface area (Å²) in [5, 5.41) is 0. The molecule has 2 aromatic rings. The second kappa shape index (κ2) is 6.70. The molecule has 0 unspecified atom stereocenters. The minimum atomic E-state index is -0.408. The molecule has 0 saturated heterocycles. The monoisotopic (exact) mass is 282 g/mol. The summed E-state index contributed by atoms with van der Waals surface area (Å²) in [5.74, 6) is 0.451. The van der Waals surface area contributed by atoms with Crippen LogP contribution < -0.4 is 0 Å². The Hall–Kier alpha value is -2.62. The number of hydrogen-bond acceptors (Lipinski definition) is 3. The molecule has 21 heavy (non-hydrogen) atoms. The van der Waals surface area contributed by atoms with Crippen LogP contribution in [0.1, 0.15) is 18.4 Å². The molecule has 0 aliphatic carbocycles. The lowest BCUT2D eigenvalue weighted by Crippen LogP contribution is -2.05. The summed E-state index contributed by atoms with van der Waals surface area (Å²) in [4.78, 5) is 15.9. The van der Waals surface area contributed by atoms with E-state index in [1.807, 2.05) is 41.1 Å². The largest absolute Gasteiger partial charge is 0.456 e. The maximum Gasteiger partial charge on any atom is 0.333 e. The average molecular weight is 282 g/mol. The van der Waals surface area contributed by atoms with E-state index < -0.39 is 5.97 Å². The van der Waals surface area contributed by atoms with E-state index in [1.54, 1.807) is 13.0 Å². The number of benzene rings is 1. The van der Waals surface area contributed by atoms with Crippen LogP contribution in [0.15, 0.2) is 61.3 Å². The van der Waals surface area contributed by atoms with Crippen LogP contribution in [0.4, 0.5) is 0 Å². The molecule has 2 rings (SSSR count). The Morgan fingerprint density at radius 3 is 2.71 bits per heavy atom. The Kier molecular flexibility index (Phi) is 4.72. The van der Waals surface area contributed by atoms with Crippen molar-refractivity contribution in [2.45, 2.75) is 20.0 Å². The summed E-state index contributed by atoms with van der Waals surface area (Å²) >= 11 is 0. The normalized spacial score (nSPS) is 10.1. The summed E-state index contributed by atoms with van der Waals surface area (Å²) in [7, 11) is 0. The molecule has 4 heteroatoms. The smallest absolute Gasteiger partial charge is 0.333 e. The Balaban J connectivity index is 2.23. The molecule has 0 radical (unpaired) electrons. The Morgan fingerprint density at radius 2 is 2.10 bits per heavy atom. The summed E-state index contributed by atoms with van der Waals surface area (Å²) in [6.45, 7) is 9.05. The first-order valence-corrected chi connectivity index (χ1v) is 6.68. The summed E-state index contributed by atoms with van der Waals surface area (Å²) in [6, 6.07) is 9.89. The maximum atomic E-state index is 11.4. The lowest BCUT2D eigenvalue weighted by atomic mass is 10.3. The van der Waals surface area contributed by atoms with Crippen LogP contribution in [-0.2, 0) is 22.6 Å². The van der Waals surface area contributed by atoms with Crippen molar-refractivity contribution in [3.8, 4) is 5.69 Å². The minimum absolute atomic E-state index is 0.135. The van der Waals surface area contributed by atoms with Crippen LogP contribution >= 0.6 is 0 Å². The predicted octanol–water partition coefficient (Wildman–Crippen LogP) is 3.22. The second-order valence-corrected chi connectivity index (χ2v) is 4.70. The first-order chi connectivity index (χ1) is 10.1. The van der Waals surface area contributed by atoms with Gasteiger partial charge in [0.05, 0.1) is 5.69 Å². The van der Waals surface area contributed by atoms with Crippen LogP contribution in [0.2, 0.25) is 0 Å². The van der Waals surface area contributed by atoms with Gasteiger partial charge in [0.15, 0.2) is 0 Å². The second-order valence-electron chi connectivity index (χ2n) is 4.70. The summed E-state index contributed by atoms with van der Waals surface area (Å²) in [6.07, 6.45) is 4.31. The van der Waals surface area contributed by atoms with E-state index in [4.69, 9.17) is 4.74 Å². The molecule has 4 nitrogen and oxygen atoms in total. The molecule has 1 heterocycles. The van der Waals surface area contributed by atoms with E-state index in [1.165, 1.54) is 0 Å². The Morgan fingerprint density at radius 1 is 1.38 bits per heavy atom. The van der Waals surface area contributed by atoms with Gasteiger partial charge in [0.25, 0.3) is 0 Å². The highest BCUT2D eigenvalue weighted by atomic mass is 16.5. The van der Waals surface area contributed by atoms with Gasteiger partial charge in [-0.2, -0.15) is 0 Å². The third-order valence-electron chi connectivity index (χ3n) is 2.89. The number of ether oxygens (including phenoxy) is 1. The third-order valence-corrected chi connectivity index (χ3v) is 2.89. The zero-order valence-electron chi connectivity index (χ0n) is 12.1. The van der Waals surface area contributed by atoms with Gasteiger partial charge in [-0.25, -0.2) is 9.78 Å². The van der Waals surface area contributed by atoms with Gasteiger partial charge in [-0.3, -0.25) is 0 Å². The van der Waals surface area contributed by atoms with E-state index in [0.717, 1.165) is 11.5 Å². The van der Waals surface area contributed by atoms with Crippen molar-refractivity contribution in [3.63, 3.8) is 0 Å². The van der Waals surface area contributed by atoms with Crippen molar-refractivity contribution in [1.29, 1.82) is 0 Å². The highest BCUT2D eigenvalue weighted by Crippen LogP contribution is 2.14. The molecule has 0 amide bonds. The van der Waals surface area contributed by atoms with Gasteiger partial charge in [-0.05, 0) is 19.1 Å². The number of imidazole rings is 1. The van der Waals surface area contributed by atoms with Crippen LogP contribution in [-0.4, -0.2) is 15.5 Å². The predicted molar refractivity (Wildman–Crippen MR) is 82.1 cm³/mol. The third kappa shape index (κ3) is 3.69. The molecule has 0 fully saturated rings. The van der Waals surface area contributed by atoms with Gasteiger partial charge < -0.3 is 9.30 Å². The van der Waals surface area contributed by atoms with Crippen LogP contribution in [0, 0.1) is 0 Å². The van der Waals surface area contributed by atoms with Crippen molar-refractivity contribution in [1.82, 2.24) is 9.55 Å². The maximum absolute atomic E-state index is 11.4. The minimum Gasteiger partial charge on any atom is -0.456 e. The molecular weight excluding hydrogens is 264 g/mol. The number of rotatable bonds is 6. The zero-order chi connectivity index (χ0) is 15.2. The van der Waals surface area contributed by atoms with E-state index in [9.17, 15) is 4.79 Å². The number of esters is 1. The summed E-state index contributed by atoms with van der Waals surface area (Å²) in [5.41, 5.74) is 2.09. The van der Waals surface area contributed by atoms with Crippen LogP contribution in [0.3, 0.4) is 0 Å². The molecule has 1 aromatic heterocycles. The van der Waals surface area contributed by atoms with Crippen LogP contribution in [0.25, 0.3) is 5.69 Å². The number of allylic oxidation sites excluding steroid dienone is 1. The molecule has 0 aliphatic rings. The molecule has 0 spiro atoms. The molecule has 108 valence electrons. The summed E-state index contributed by atoms with van der Waals surface area (Å²) < 4.78 is 7.11. The van der Waals surface area contributed by atoms with Crippen molar-refractivity contribution in [3.05, 3.63) is 72.9 Å². The van der Waals surface area contributed by atoms with Crippen molar-refractivity contribution in [2.75, 3.05) is 0 Å². The number of carbonyl (C=O) groups is 1. The topological polar surface area (TPSA) is 44.1 Å². The molecule has 0 N–H and O–H groups in total. The van der Waals surface area contributed by atoms with Crippen LogP contribution in [0.5, 0.6) is 0 Å². The van der Waals surface area contributed by atoms with E-state index >= 15 is 0 Å². The standard InChI is InChI=1S/C17H18N2O2/c1-4-8-16-18-14(12-21-17(20)13(2)3)11-19(16)15-9-6-5-7-10-15/h4-7,9-11H,1-2,8,12H2,3H3. The fourth-order valence-corrected chi connectivity index (χ4v) is 1.89. The number of carbonyl (C=O) groups excluding carboxylic acids is 1. The van der Waals surface area contributed by atoms with Crippen molar-refractivity contribution >= 4 is 5.97 Å². The van der Waals surface area contributed by atoms with Gasteiger partial charge in [-0.1, -0.05) is 30.9 Å². The number of nitrogens with zero attached hydrogens (tertiary/aromatic N) is 2. The SMILES string of the molecule is C=CCc1nc(COC(=O)C(=C)C)cn1-c1ccccc1. The molecule has 0 atom stereocenters. The quantitative estimate of drug-likeness (QED) is 0.464. The van der Waals surface area contributed by atoms with Crippen molar-refractivity contribution in [2.24, 2.45) is 0 Å². The molecule has 0 aliphatic heterocycles. The Labute approximate surface area is 124 Å². The number of hydrogen-bond donors (Lipinski definition) is 0. The van der Waals surface area contributed by atoms with Gasteiger partial charge in [0, 0.05) is 23.9 Å². The number of para-hydroxylation sites is 1. The lowest BCUT2D eigenvalue weighted by Gasteiger charge is -2.05. The first-order valence-electron chi connectivity index (χ1n) is 6.68. The lowest BCUT2D eigenvalue weighted by molar-refractivity contribution is -0.140. The van der Waals surface area contributed by atoms with Gasteiger partial charge >= 0.3 is 5.97 Å². The fourth-order valence-electron chi connectivity index (χ4n) is 1.89. The van der Waals surface area contributed by atoms with Gasteiger partial charge in [0.1, 0.15) is 12.4 Å². The van der Waals surface area contributed by atoms with E-state index in [0.29, 0.717) is 17.7 Å². The van der Waals surface area contributed by atoms with Crippen molar-refractivity contribution < 1.29 is 9.53 Å².